The molecule has 0 aromatic rings. The van der Waals surface area contributed by atoms with Crippen LogP contribution in [-0.2, 0) is 32.6 Å². The van der Waals surface area contributed by atoms with E-state index in [1.165, 1.54) is 25.2 Å². The minimum atomic E-state index is -3.30. The Morgan fingerprint density at radius 2 is 1.56 bits per heavy atom. The van der Waals surface area contributed by atoms with E-state index in [0.29, 0.717) is 4.90 Å². The number of carbonyl (C=O) groups is 2. The summed E-state index contributed by atoms with van der Waals surface area (Å²) in [5, 5.41) is 0. The summed E-state index contributed by atoms with van der Waals surface area (Å²) >= 11 is 1.23. The molecule has 39 heavy (non-hydrogen) atoms. The first-order valence-electron chi connectivity index (χ1n) is 12.3. The van der Waals surface area contributed by atoms with Crippen LogP contribution in [0.3, 0.4) is 0 Å². The quantitative estimate of drug-likeness (QED) is 0.187. The Balaban J connectivity index is 2.45. The molecule has 2 rings (SSSR count). The van der Waals surface area contributed by atoms with Crippen molar-refractivity contribution in [2.75, 3.05) is 38.2 Å². The number of hydrogen-bond donors (Lipinski definition) is 0. The fourth-order valence-corrected chi connectivity index (χ4v) is 6.13. The number of hydrogen-bond acceptors (Lipinski definition) is 14. The molecule has 1 atom stereocenters. The van der Waals surface area contributed by atoms with Crippen molar-refractivity contribution in [1.29, 1.82) is 0 Å². The molecule has 2 aliphatic rings. The van der Waals surface area contributed by atoms with Gasteiger partial charge in [-0.15, -0.1) is 16.7 Å². The number of methoxy groups -OCH3 is 1. The molecule has 1 unspecified atom stereocenters. The lowest BCUT2D eigenvalue weighted by molar-refractivity contribution is -0.131. The van der Waals surface area contributed by atoms with Crippen molar-refractivity contribution in [3.8, 4) is 0 Å². The second kappa shape index (κ2) is 13.4. The van der Waals surface area contributed by atoms with Gasteiger partial charge in [0, 0.05) is 5.75 Å². The van der Waals surface area contributed by atoms with E-state index < -0.39 is 37.0 Å². The van der Waals surface area contributed by atoms with Crippen LogP contribution in [-0.4, -0.2) is 96.2 Å². The van der Waals surface area contributed by atoms with Gasteiger partial charge in [0.05, 0.1) is 32.4 Å². The number of rotatable bonds is 11. The monoisotopic (exact) mass is 591 g/mol. The molecule has 0 N–H and O–H groups in total. The number of ether oxygens (including phenoxy) is 4. The van der Waals surface area contributed by atoms with E-state index in [4.69, 9.17) is 28.0 Å². The lowest BCUT2D eigenvalue weighted by Crippen LogP contribution is -2.59. The van der Waals surface area contributed by atoms with Crippen molar-refractivity contribution in [1.82, 2.24) is 4.90 Å². The topological polar surface area (TPSA) is 159 Å². The number of amidine groups is 1. The summed E-state index contributed by atoms with van der Waals surface area (Å²) in [5.74, 6) is -2.13. The van der Waals surface area contributed by atoms with Crippen LogP contribution in [0.2, 0.25) is 0 Å². The zero-order chi connectivity index (χ0) is 29.5. The summed E-state index contributed by atoms with van der Waals surface area (Å²) in [7, 11) is -1.96. The number of nitrogens with zero attached hydrogens (tertiary/aromatic N) is 5. The first-order chi connectivity index (χ1) is 18.1. The van der Waals surface area contributed by atoms with Gasteiger partial charge < -0.3 is 28.0 Å². The molecule has 220 valence electrons. The van der Waals surface area contributed by atoms with Crippen molar-refractivity contribution in [2.24, 2.45) is 20.0 Å². The Hall–Kier alpha value is -2.32. The first kappa shape index (κ1) is 32.9. The smallest absolute Gasteiger partial charge is 0.425 e. The number of aliphatic imine (C=N–C) groups is 4. The highest BCUT2D eigenvalue weighted by molar-refractivity contribution is 8.04. The number of imide groups is 1. The Kier molecular flexibility index (Phi) is 11.3. The van der Waals surface area contributed by atoms with Gasteiger partial charge >= 0.3 is 25.8 Å². The molecule has 0 aromatic heterocycles. The summed E-state index contributed by atoms with van der Waals surface area (Å²) in [5.41, 5.74) is -1.70. The van der Waals surface area contributed by atoms with E-state index in [1.54, 1.807) is 55.4 Å². The molecule has 0 bridgehead atoms. The van der Waals surface area contributed by atoms with E-state index in [9.17, 15) is 14.2 Å². The third kappa shape index (κ3) is 9.38. The lowest BCUT2D eigenvalue weighted by atomic mass is 10.2. The molecule has 0 saturated carbocycles. The van der Waals surface area contributed by atoms with Crippen molar-refractivity contribution >= 4 is 55.3 Å². The van der Waals surface area contributed by atoms with Crippen LogP contribution in [0.1, 0.15) is 55.4 Å². The minimum absolute atomic E-state index is 0.0313. The van der Waals surface area contributed by atoms with Crippen LogP contribution < -0.4 is 0 Å². The fourth-order valence-electron chi connectivity index (χ4n) is 3.06. The third-order valence-corrected chi connectivity index (χ3v) is 8.09. The average molecular weight is 592 g/mol. The summed E-state index contributed by atoms with van der Waals surface area (Å²) in [6.07, 6.45) is -1.00. The Labute approximate surface area is 233 Å². The van der Waals surface area contributed by atoms with Gasteiger partial charge in [-0.3, -0.25) is 4.57 Å². The Morgan fingerprint density at radius 3 is 2.05 bits per heavy atom. The lowest BCUT2D eigenvalue weighted by Gasteiger charge is -2.38. The van der Waals surface area contributed by atoms with E-state index in [1.807, 2.05) is 0 Å². The zero-order valence-electron chi connectivity index (χ0n) is 23.9. The number of fused-ring (bicyclic) bond motifs is 1. The molecule has 14 nitrogen and oxygen atoms in total. The molecule has 0 spiro atoms. The molecule has 0 saturated heterocycles. The van der Waals surface area contributed by atoms with Gasteiger partial charge in [0.1, 0.15) is 17.5 Å². The minimum Gasteiger partial charge on any atom is -0.479 e. The van der Waals surface area contributed by atoms with Gasteiger partial charge in [-0.05, 0) is 55.4 Å². The van der Waals surface area contributed by atoms with E-state index in [-0.39, 0.29) is 48.5 Å². The zero-order valence-corrected chi connectivity index (χ0v) is 25.6. The largest absolute Gasteiger partial charge is 0.479 e. The van der Waals surface area contributed by atoms with Gasteiger partial charge in [0.15, 0.2) is 11.5 Å². The van der Waals surface area contributed by atoms with E-state index in [0.717, 1.165) is 0 Å². The predicted octanol–water partition coefficient (Wildman–Crippen LogP) is 4.68. The maximum absolute atomic E-state index is 13.4. The second-order valence-electron chi connectivity index (χ2n) is 9.98. The molecule has 0 radical (unpaired) electrons. The average Bonchev–Trinajstić information content (AvgIpc) is 3.24. The fraction of sp³-hybridized carbons (Fsp3) is 0.739. The summed E-state index contributed by atoms with van der Waals surface area (Å²) in [4.78, 5) is 44.4. The normalized spacial score (nSPS) is 19.1. The predicted molar refractivity (Wildman–Crippen MR) is 149 cm³/mol. The van der Waals surface area contributed by atoms with Gasteiger partial charge in [0.2, 0.25) is 5.90 Å². The highest BCUT2D eigenvalue weighted by atomic mass is 32.2. The van der Waals surface area contributed by atoms with Crippen LogP contribution >= 0.6 is 19.4 Å². The highest BCUT2D eigenvalue weighted by Crippen LogP contribution is 2.50. The summed E-state index contributed by atoms with van der Waals surface area (Å²) in [6.45, 7) is 13.6. The molecule has 2 amide bonds. The number of thioether (sulfide) groups is 1. The third-order valence-electron chi connectivity index (χ3n) is 4.34. The Morgan fingerprint density at radius 1 is 1.00 bits per heavy atom. The molecule has 0 aromatic carbocycles. The first-order valence-corrected chi connectivity index (χ1v) is 15.2. The maximum Gasteiger partial charge on any atom is 0.425 e. The second-order valence-corrected chi connectivity index (χ2v) is 13.6. The molecular formula is C23H38N5O9PS. The molecule has 16 heteroatoms. The van der Waals surface area contributed by atoms with Crippen LogP contribution in [0, 0.1) is 0 Å². The SMILES string of the molecule is CCOP(=O)(CSCCOC1(N(C(=O)OC(C)(C)C)C(=O)OC(C)(C)C)N=C2N=CN=C2C(OC)=N1)OCC. The molecule has 0 aliphatic carbocycles. The van der Waals surface area contributed by atoms with Crippen LogP contribution in [0.25, 0.3) is 0 Å². The van der Waals surface area contributed by atoms with Crippen molar-refractivity contribution in [2.45, 2.75) is 72.6 Å². The highest BCUT2D eigenvalue weighted by Gasteiger charge is 2.53. The van der Waals surface area contributed by atoms with Crippen LogP contribution in [0.5, 0.6) is 0 Å². The van der Waals surface area contributed by atoms with Crippen LogP contribution in [0.15, 0.2) is 20.0 Å². The van der Waals surface area contributed by atoms with Gasteiger partial charge in [-0.25, -0.2) is 19.6 Å². The van der Waals surface area contributed by atoms with E-state index >= 15 is 0 Å². The Bertz CT molecular complexity index is 1040. The number of amides is 2. The van der Waals surface area contributed by atoms with Crippen molar-refractivity contribution < 1.29 is 42.1 Å². The van der Waals surface area contributed by atoms with Crippen molar-refractivity contribution in [3.63, 3.8) is 0 Å². The molecule has 0 fully saturated rings. The molecule has 2 aliphatic heterocycles. The number of carbonyl (C=O) groups excluding carboxylic acids is 2. The maximum atomic E-state index is 13.4. The standard InChI is InChI=1S/C23H38N5O9PS/c1-10-34-38(31,35-11-2)15-39-13-12-33-23(26-17-16(24-14-25-17)18(27-23)32-9)28(19(29)36-21(3,4)5)20(30)37-22(6,7)8/h14H,10-13,15H2,1-9H3. The molecular weight excluding hydrogens is 553 g/mol. The van der Waals surface area contributed by atoms with Crippen molar-refractivity contribution in [3.05, 3.63) is 0 Å². The van der Waals surface area contributed by atoms with Crippen LogP contribution in [0.4, 0.5) is 9.59 Å². The van der Waals surface area contributed by atoms with Gasteiger partial charge in [-0.2, -0.15) is 9.98 Å². The summed E-state index contributed by atoms with van der Waals surface area (Å²) < 4.78 is 45.8. The molecule has 2 heterocycles. The van der Waals surface area contributed by atoms with Gasteiger partial charge in [-0.1, -0.05) is 0 Å². The summed E-state index contributed by atoms with van der Waals surface area (Å²) in [6, 6.07) is 0. The van der Waals surface area contributed by atoms with Gasteiger partial charge in [0.25, 0.3) is 0 Å². The van der Waals surface area contributed by atoms with E-state index in [2.05, 4.69) is 20.0 Å².